The summed E-state index contributed by atoms with van der Waals surface area (Å²) >= 11 is 1.90. The minimum atomic E-state index is 1.11. The third-order valence-electron chi connectivity index (χ3n) is 25.6. The predicted molar refractivity (Wildman–Crippen MR) is 550 cm³/mol. The molecule has 5 heterocycles. The molecule has 0 bridgehead atoms. The van der Waals surface area contributed by atoms with Crippen molar-refractivity contribution >= 4 is 174 Å². The van der Waals surface area contributed by atoms with Crippen molar-refractivity contribution in [2.24, 2.45) is 0 Å². The average molecular weight is 1660 g/mol. The lowest BCUT2D eigenvalue weighted by Crippen LogP contribution is -2.10. The highest BCUT2D eigenvalue weighted by molar-refractivity contribution is 7.26. The van der Waals surface area contributed by atoms with Crippen molar-refractivity contribution in [3.8, 4) is 56.1 Å². The van der Waals surface area contributed by atoms with Gasteiger partial charge in [0.05, 0.1) is 44.1 Å². The van der Waals surface area contributed by atoms with Crippen LogP contribution in [0.3, 0.4) is 0 Å². The number of nitrogens with zero attached hydrogens (tertiary/aromatic N) is 6. The van der Waals surface area contributed by atoms with Crippen molar-refractivity contribution in [3.63, 3.8) is 0 Å². The van der Waals surface area contributed by atoms with E-state index in [0.717, 1.165) is 45.5 Å². The molecule has 0 aliphatic rings. The van der Waals surface area contributed by atoms with Crippen LogP contribution in [0.25, 0.3) is 185 Å². The quantitative estimate of drug-likeness (QED) is 0.115. The smallest absolute Gasteiger partial charge is 0.0555 e. The molecule has 5 aromatic heterocycles. The molecular weight excluding hydrogens is 1580 g/mol. The van der Waals surface area contributed by atoms with Gasteiger partial charge in [0.2, 0.25) is 0 Å². The summed E-state index contributed by atoms with van der Waals surface area (Å²) in [7, 11) is 0. The van der Waals surface area contributed by atoms with Gasteiger partial charge in [0.15, 0.2) is 0 Å². The number of aromatic nitrogens is 4. The topological polar surface area (TPSA) is 26.2 Å². The van der Waals surface area contributed by atoms with Crippen LogP contribution in [-0.2, 0) is 0 Å². The van der Waals surface area contributed by atoms with Crippen LogP contribution in [0.4, 0.5) is 34.1 Å². The third-order valence-corrected chi connectivity index (χ3v) is 26.8. The van der Waals surface area contributed by atoms with E-state index >= 15 is 0 Å². The zero-order chi connectivity index (χ0) is 85.2. The number of thiophene rings is 1. The van der Waals surface area contributed by atoms with Crippen LogP contribution < -0.4 is 9.80 Å². The summed E-state index contributed by atoms with van der Waals surface area (Å²) in [5, 5.41) is 18.0. The van der Waals surface area contributed by atoms with Crippen molar-refractivity contribution in [1.29, 1.82) is 0 Å². The van der Waals surface area contributed by atoms with E-state index in [2.05, 4.69) is 526 Å². The van der Waals surface area contributed by atoms with Crippen LogP contribution in [0.1, 0.15) is 0 Å². The Morgan fingerprint density at radius 1 is 0.155 bits per heavy atom. The van der Waals surface area contributed by atoms with Crippen LogP contribution in [-0.4, -0.2) is 18.3 Å². The van der Waals surface area contributed by atoms with E-state index in [0.29, 0.717) is 0 Å². The van der Waals surface area contributed by atoms with E-state index in [9.17, 15) is 0 Å². The highest BCUT2D eigenvalue weighted by Gasteiger charge is 2.23. The number of hydrogen-bond donors (Lipinski definition) is 0. The molecule has 0 atom stereocenters. The second-order valence-electron chi connectivity index (χ2n) is 33.1. The monoisotopic (exact) mass is 1660 g/mol. The minimum absolute atomic E-state index is 1.11. The minimum Gasteiger partial charge on any atom is -0.311 e. The van der Waals surface area contributed by atoms with Crippen LogP contribution in [0.15, 0.2) is 497 Å². The van der Waals surface area contributed by atoms with Gasteiger partial charge in [-0.25, -0.2) is 0 Å². The molecule has 0 saturated heterocycles. The fraction of sp³-hybridized carbons (Fsp3) is 0. The highest BCUT2D eigenvalue weighted by Crippen LogP contribution is 2.47. The fourth-order valence-electron chi connectivity index (χ4n) is 19.6. The Kier molecular flexibility index (Phi) is 19.0. The Morgan fingerprint density at radius 2 is 0.457 bits per heavy atom. The van der Waals surface area contributed by atoms with E-state index in [-0.39, 0.29) is 0 Å². The summed E-state index contributed by atoms with van der Waals surface area (Å²) in [4.78, 5) is 4.67. The Balaban J connectivity index is 0.000000108. The van der Waals surface area contributed by atoms with Gasteiger partial charge in [0.25, 0.3) is 0 Å². The normalized spacial score (nSPS) is 11.6. The Hall–Kier alpha value is -16.8. The van der Waals surface area contributed by atoms with E-state index in [1.54, 1.807) is 0 Å². The molecule has 26 rings (SSSR count). The fourth-order valence-corrected chi connectivity index (χ4v) is 20.9. The van der Waals surface area contributed by atoms with Crippen LogP contribution in [0.2, 0.25) is 0 Å². The zero-order valence-corrected chi connectivity index (χ0v) is 71.3. The molecule has 0 spiro atoms. The van der Waals surface area contributed by atoms with Gasteiger partial charge in [-0.1, -0.05) is 309 Å². The maximum atomic E-state index is 2.43. The van der Waals surface area contributed by atoms with Gasteiger partial charge in [-0.3, -0.25) is 0 Å². The first-order valence-electron chi connectivity index (χ1n) is 44.1. The van der Waals surface area contributed by atoms with Crippen LogP contribution in [0.5, 0.6) is 0 Å². The van der Waals surface area contributed by atoms with E-state index in [1.807, 2.05) is 11.3 Å². The molecule has 26 aromatic rings. The molecule has 129 heavy (non-hydrogen) atoms. The molecule has 0 radical (unpaired) electrons. The van der Waals surface area contributed by atoms with E-state index in [4.69, 9.17) is 0 Å². The summed E-state index contributed by atoms with van der Waals surface area (Å²) in [5.41, 5.74) is 28.4. The van der Waals surface area contributed by atoms with Gasteiger partial charge >= 0.3 is 0 Å². The predicted octanol–water partition coefficient (Wildman–Crippen LogP) is 34.1. The molecule has 0 saturated carbocycles. The standard InChI is InChI=1S/C46H30N2S.C40H28N2.C36H24N2/c1-2-13-35(14-3-1)47(36-25-23-32(24-26-36)34-22-21-31-11-4-5-12-33(31)29-34)37-15-10-16-38(30-37)48-42-19-8-6-18-41(42)45-43(48)28-27-40-39-17-7-9-20-44(39)49-46(40)45;1-2-12-33(13-3-1)41(34-22-20-30(21-23-34)32-19-18-29-10-4-5-11-31(29)28-32)35-24-26-36(27-25-35)42-39-16-8-6-14-37(39)38-15-7-9-17-40(38)42;1-2-10-27(11-3-1)37-35-17-9-6-14-31(35)32-24-26(20-23-36(32)37)25-18-21-28(22-19-25)38-33-15-7-4-12-29(33)30-13-5-8-16-34(30)38/h1-30H;1-28H;1-24H. The average Bonchev–Trinajstić information content (AvgIpc) is 1.55. The molecular formula is C122H82N6S. The Labute approximate surface area is 750 Å². The first-order valence-corrected chi connectivity index (χ1v) is 44.9. The van der Waals surface area contributed by atoms with Gasteiger partial charge < -0.3 is 28.1 Å². The Morgan fingerprint density at radius 3 is 0.946 bits per heavy atom. The van der Waals surface area contributed by atoms with Gasteiger partial charge in [-0.05, 0) is 243 Å². The molecule has 0 N–H and O–H groups in total. The van der Waals surface area contributed by atoms with Gasteiger partial charge in [0.1, 0.15) is 0 Å². The summed E-state index contributed by atoms with van der Waals surface area (Å²) in [6, 6.07) is 179. The lowest BCUT2D eigenvalue weighted by molar-refractivity contribution is 1.17. The van der Waals surface area contributed by atoms with Crippen molar-refractivity contribution in [2.45, 2.75) is 0 Å². The van der Waals surface area contributed by atoms with E-state index < -0.39 is 0 Å². The second-order valence-corrected chi connectivity index (χ2v) is 34.1. The maximum Gasteiger partial charge on any atom is 0.0555 e. The van der Waals surface area contributed by atoms with Crippen molar-refractivity contribution in [3.05, 3.63) is 497 Å². The first kappa shape index (κ1) is 75.9. The molecule has 7 heteroatoms. The van der Waals surface area contributed by atoms with Gasteiger partial charge in [-0.2, -0.15) is 0 Å². The molecule has 6 nitrogen and oxygen atoms in total. The number of benzene rings is 21. The summed E-state index contributed by atoms with van der Waals surface area (Å²) < 4.78 is 12.2. The second kappa shape index (κ2) is 32.4. The largest absolute Gasteiger partial charge is 0.311 e. The number of hydrogen-bond acceptors (Lipinski definition) is 3. The highest BCUT2D eigenvalue weighted by atomic mass is 32.1. The van der Waals surface area contributed by atoms with Crippen LogP contribution in [0, 0.1) is 0 Å². The number of para-hydroxylation sites is 9. The van der Waals surface area contributed by atoms with Crippen molar-refractivity contribution < 1.29 is 0 Å². The van der Waals surface area contributed by atoms with Gasteiger partial charge in [-0.15, -0.1) is 11.3 Å². The molecule has 0 fully saturated rings. The summed E-state index contributed by atoms with van der Waals surface area (Å²) in [6.45, 7) is 0. The number of rotatable bonds is 13. The lowest BCUT2D eigenvalue weighted by Gasteiger charge is -2.26. The molecule has 0 aliphatic heterocycles. The number of anilines is 6. The maximum absolute atomic E-state index is 2.43. The molecule has 21 aromatic carbocycles. The van der Waals surface area contributed by atoms with Crippen molar-refractivity contribution in [2.75, 3.05) is 9.80 Å². The molecule has 0 aliphatic carbocycles. The summed E-state index contributed by atoms with van der Waals surface area (Å²) in [6.07, 6.45) is 0. The first-order chi connectivity index (χ1) is 64.0. The molecule has 0 unspecified atom stereocenters. The molecule has 606 valence electrons. The molecule has 0 amide bonds. The summed E-state index contributed by atoms with van der Waals surface area (Å²) in [5.74, 6) is 0. The third kappa shape index (κ3) is 13.6. The SMILES string of the molecule is c1ccc(-n2c3ccccc3c3cc(-c4ccc(-n5c6ccccc6c6ccccc65)cc4)ccc32)cc1.c1ccc(N(c2ccc(-c3ccc4ccccc4c3)cc2)c2ccc(-n3c4ccccc4c4ccccc43)cc2)cc1.c1ccc(N(c2ccc(-c3ccc4ccccc4c3)cc2)c2cccc(-n3c4ccccc4c4c5sc6ccccc6c5ccc43)c2)cc1. The van der Waals surface area contributed by atoms with Crippen LogP contribution >= 0.6 is 11.3 Å². The zero-order valence-electron chi connectivity index (χ0n) is 70.4. The van der Waals surface area contributed by atoms with Gasteiger partial charge in [0, 0.05) is 120 Å². The lowest BCUT2D eigenvalue weighted by atomic mass is 10.0. The van der Waals surface area contributed by atoms with E-state index in [1.165, 1.54) is 174 Å². The Bertz CT molecular complexity index is 8620. The number of fused-ring (bicyclic) bond motifs is 18. The van der Waals surface area contributed by atoms with Crippen molar-refractivity contribution in [1.82, 2.24) is 18.3 Å².